The third-order valence-corrected chi connectivity index (χ3v) is 5.46. The smallest absolute Gasteiger partial charge is 0.309 e. The van der Waals surface area contributed by atoms with Crippen molar-refractivity contribution >= 4 is 11.9 Å². The number of pyridine rings is 1. The van der Waals surface area contributed by atoms with Crippen molar-refractivity contribution in [2.24, 2.45) is 11.8 Å². The lowest BCUT2D eigenvalue weighted by molar-refractivity contribution is -0.144. The Balaban J connectivity index is 1.89. The number of carbonyl (C=O) groups excluding carboxylic acids is 1. The molecule has 3 heterocycles. The van der Waals surface area contributed by atoms with Crippen LogP contribution in [-0.2, 0) is 11.3 Å². The number of aromatic nitrogens is 1. The summed E-state index contributed by atoms with van der Waals surface area (Å²) in [4.78, 5) is 38.9. The molecule has 4 rings (SSSR count). The average molecular weight is 354 g/mol. The highest BCUT2D eigenvalue weighted by Crippen LogP contribution is 2.48. The molecule has 0 saturated carbocycles. The van der Waals surface area contributed by atoms with Crippen molar-refractivity contribution in [1.29, 1.82) is 0 Å². The Morgan fingerprint density at radius 2 is 1.81 bits per heavy atom. The highest BCUT2D eigenvalue weighted by molar-refractivity contribution is 5.95. The van der Waals surface area contributed by atoms with Crippen molar-refractivity contribution in [1.82, 2.24) is 9.47 Å². The van der Waals surface area contributed by atoms with Gasteiger partial charge in [-0.3, -0.25) is 14.4 Å². The second-order valence-electron chi connectivity index (χ2n) is 6.70. The van der Waals surface area contributed by atoms with E-state index >= 15 is 0 Å². The summed E-state index contributed by atoms with van der Waals surface area (Å²) in [5, 5.41) is 19.7. The first-order valence-corrected chi connectivity index (χ1v) is 8.45. The summed E-state index contributed by atoms with van der Waals surface area (Å²) in [6, 6.07) is 12.0. The lowest BCUT2D eigenvalue weighted by Gasteiger charge is -2.38. The number of benzene rings is 1. The zero-order valence-electron chi connectivity index (χ0n) is 13.9. The molecule has 134 valence electrons. The van der Waals surface area contributed by atoms with E-state index < -0.39 is 29.9 Å². The fraction of sp³-hybridized carbons (Fsp3) is 0.316. The maximum Gasteiger partial charge on any atom is 0.309 e. The number of nitrogens with zero attached hydrogens (tertiary/aromatic N) is 2. The Kier molecular flexibility index (Phi) is 3.88. The van der Waals surface area contributed by atoms with Gasteiger partial charge in [0.25, 0.3) is 11.5 Å². The van der Waals surface area contributed by atoms with Crippen LogP contribution in [0.3, 0.4) is 0 Å². The van der Waals surface area contributed by atoms with E-state index in [1.807, 2.05) is 0 Å². The zero-order chi connectivity index (χ0) is 18.4. The van der Waals surface area contributed by atoms with E-state index in [4.69, 9.17) is 0 Å². The van der Waals surface area contributed by atoms with Crippen LogP contribution in [0.2, 0.25) is 0 Å². The third-order valence-electron chi connectivity index (χ3n) is 5.46. The summed E-state index contributed by atoms with van der Waals surface area (Å²) in [6.07, 6.45) is 0. The van der Waals surface area contributed by atoms with Crippen molar-refractivity contribution in [3.05, 3.63) is 70.1 Å². The van der Waals surface area contributed by atoms with Gasteiger partial charge in [-0.2, -0.15) is 0 Å². The molecule has 4 atom stereocenters. The predicted octanol–water partition coefficient (Wildman–Crippen LogP) is 0.737. The van der Waals surface area contributed by atoms with Crippen molar-refractivity contribution in [3.63, 3.8) is 0 Å². The first-order chi connectivity index (χ1) is 12.5. The van der Waals surface area contributed by atoms with E-state index in [9.17, 15) is 24.6 Å². The largest absolute Gasteiger partial charge is 0.481 e. The number of aliphatic hydroxyl groups excluding tert-OH is 1. The molecular formula is C19H18N2O5. The summed E-state index contributed by atoms with van der Waals surface area (Å²) in [7, 11) is 0. The van der Waals surface area contributed by atoms with Gasteiger partial charge in [0.2, 0.25) is 0 Å². The molecule has 7 heteroatoms. The average Bonchev–Trinajstić information content (AvgIpc) is 2.89. The second-order valence-corrected chi connectivity index (χ2v) is 6.70. The maximum atomic E-state index is 13.1. The predicted molar refractivity (Wildman–Crippen MR) is 91.5 cm³/mol. The van der Waals surface area contributed by atoms with Crippen LogP contribution in [-0.4, -0.2) is 44.2 Å². The second kappa shape index (κ2) is 6.10. The summed E-state index contributed by atoms with van der Waals surface area (Å²) in [6.45, 7) is -0.182. The van der Waals surface area contributed by atoms with Gasteiger partial charge in [-0.25, -0.2) is 0 Å². The minimum absolute atomic E-state index is 0.180. The van der Waals surface area contributed by atoms with Gasteiger partial charge >= 0.3 is 5.97 Å². The molecule has 0 aliphatic carbocycles. The summed E-state index contributed by atoms with van der Waals surface area (Å²) in [5.41, 5.74) is 0.727. The topological polar surface area (TPSA) is 99.8 Å². The highest BCUT2D eigenvalue weighted by Gasteiger charge is 2.57. The first kappa shape index (κ1) is 16.5. The molecule has 1 amide bonds. The van der Waals surface area contributed by atoms with E-state index in [2.05, 4.69) is 0 Å². The van der Waals surface area contributed by atoms with E-state index in [1.165, 1.54) is 10.6 Å². The quantitative estimate of drug-likeness (QED) is 0.847. The van der Waals surface area contributed by atoms with Gasteiger partial charge in [0.15, 0.2) is 0 Å². The van der Waals surface area contributed by atoms with E-state index in [1.54, 1.807) is 47.4 Å². The molecule has 1 fully saturated rings. The van der Waals surface area contributed by atoms with Crippen LogP contribution >= 0.6 is 0 Å². The van der Waals surface area contributed by atoms with E-state index in [0.717, 1.165) is 0 Å². The van der Waals surface area contributed by atoms with Crippen molar-refractivity contribution in [3.8, 4) is 0 Å². The fourth-order valence-electron chi connectivity index (χ4n) is 4.35. The normalized spacial score (nSPS) is 26.4. The molecule has 2 N–H and O–H groups in total. The van der Waals surface area contributed by atoms with Crippen LogP contribution in [0.15, 0.2) is 53.3 Å². The molecule has 1 saturated heterocycles. The highest BCUT2D eigenvalue weighted by atomic mass is 16.4. The zero-order valence-corrected chi connectivity index (χ0v) is 13.9. The minimum atomic E-state index is -1.08. The molecule has 26 heavy (non-hydrogen) atoms. The molecule has 1 aromatic carbocycles. The van der Waals surface area contributed by atoms with Gasteiger partial charge in [0.05, 0.1) is 18.0 Å². The Morgan fingerprint density at radius 3 is 2.46 bits per heavy atom. The number of hydrogen-bond donors (Lipinski definition) is 2. The van der Waals surface area contributed by atoms with Crippen molar-refractivity contribution in [2.45, 2.75) is 18.6 Å². The molecule has 1 aromatic heterocycles. The van der Waals surface area contributed by atoms with E-state index in [-0.39, 0.29) is 24.6 Å². The molecule has 0 unspecified atom stereocenters. The van der Waals surface area contributed by atoms with Crippen LogP contribution in [0, 0.1) is 11.8 Å². The molecule has 2 aromatic rings. The third kappa shape index (κ3) is 2.28. The molecule has 2 bridgehead atoms. The van der Waals surface area contributed by atoms with E-state index in [0.29, 0.717) is 11.3 Å². The number of carboxylic acids is 1. The summed E-state index contributed by atoms with van der Waals surface area (Å²) in [5.74, 6) is -2.96. The minimum Gasteiger partial charge on any atom is -0.481 e. The number of rotatable bonds is 3. The molecule has 0 spiro atoms. The van der Waals surface area contributed by atoms with Crippen molar-refractivity contribution < 1.29 is 19.8 Å². The standard InChI is InChI=1S/C19H18N2O5/c22-10-12-14-9-20-13(7-4-8-15(20)23)17(16(12)19(25)26)21(14)18(24)11-5-2-1-3-6-11/h1-8,12,14,16-17,22H,9-10H2,(H,25,26)/t12-,14-,16+,17+/m1/s1. The Hall–Kier alpha value is -2.93. The number of aliphatic carboxylic acids is 1. The lowest BCUT2D eigenvalue weighted by atomic mass is 9.87. The molecule has 0 radical (unpaired) electrons. The van der Waals surface area contributed by atoms with Crippen LogP contribution in [0.5, 0.6) is 0 Å². The molecular weight excluding hydrogens is 336 g/mol. The monoisotopic (exact) mass is 354 g/mol. The fourth-order valence-corrected chi connectivity index (χ4v) is 4.35. The SMILES string of the molecule is O=C(O)[C@H]1[C@H](CO)[C@H]2Cn3c(cccc3=O)[C@@H]1N2C(=O)c1ccccc1. The van der Waals surface area contributed by atoms with Gasteiger partial charge in [-0.05, 0) is 18.2 Å². The summed E-state index contributed by atoms with van der Waals surface area (Å²) >= 11 is 0. The lowest BCUT2D eigenvalue weighted by Crippen LogP contribution is -2.49. The Morgan fingerprint density at radius 1 is 1.08 bits per heavy atom. The van der Waals surface area contributed by atoms with Gasteiger partial charge in [0, 0.05) is 36.4 Å². The van der Waals surface area contributed by atoms with Gasteiger partial charge < -0.3 is 19.7 Å². The Bertz CT molecular complexity index is 923. The summed E-state index contributed by atoms with van der Waals surface area (Å²) < 4.78 is 1.52. The van der Waals surface area contributed by atoms with Gasteiger partial charge in [-0.1, -0.05) is 24.3 Å². The van der Waals surface area contributed by atoms with Crippen molar-refractivity contribution in [2.75, 3.05) is 6.61 Å². The number of hydrogen-bond acceptors (Lipinski definition) is 4. The molecule has 2 aliphatic rings. The van der Waals surface area contributed by atoms with Crippen LogP contribution in [0.25, 0.3) is 0 Å². The van der Waals surface area contributed by atoms with Gasteiger partial charge in [-0.15, -0.1) is 0 Å². The molecule has 7 nitrogen and oxygen atoms in total. The first-order valence-electron chi connectivity index (χ1n) is 8.45. The maximum absolute atomic E-state index is 13.1. The number of fused-ring (bicyclic) bond motifs is 4. The Labute approximate surface area is 149 Å². The number of carboxylic acid groups (broad SMARTS) is 1. The van der Waals surface area contributed by atoms with Crippen LogP contribution in [0.4, 0.5) is 0 Å². The number of amides is 1. The van der Waals surface area contributed by atoms with Gasteiger partial charge in [0.1, 0.15) is 0 Å². The number of aliphatic hydroxyl groups is 1. The number of carbonyl (C=O) groups is 2. The van der Waals surface area contributed by atoms with Crippen LogP contribution in [0.1, 0.15) is 22.1 Å². The van der Waals surface area contributed by atoms with Crippen LogP contribution < -0.4 is 5.56 Å². The molecule has 2 aliphatic heterocycles.